The molecule has 0 atom stereocenters. The van der Waals surface area contributed by atoms with E-state index in [4.69, 9.17) is 28.5 Å². The summed E-state index contributed by atoms with van der Waals surface area (Å²) in [6.45, 7) is 0. The van der Waals surface area contributed by atoms with Crippen molar-refractivity contribution in [1.29, 1.82) is 5.26 Å². The van der Waals surface area contributed by atoms with Crippen LogP contribution >= 0.6 is 46.3 Å². The van der Waals surface area contributed by atoms with Crippen molar-refractivity contribution >= 4 is 46.3 Å². The second-order valence-electron chi connectivity index (χ2n) is 2.91. The molecular formula is C10H5Cl2N3S2. The lowest BCUT2D eigenvalue weighted by atomic mass is 10.2. The van der Waals surface area contributed by atoms with E-state index in [0.29, 0.717) is 25.3 Å². The molecule has 3 nitrogen and oxygen atoms in total. The van der Waals surface area contributed by atoms with Crippen molar-refractivity contribution in [3.05, 3.63) is 27.0 Å². The smallest absolute Gasteiger partial charge is 0.189 e. The third kappa shape index (κ3) is 3.11. The third-order valence-corrected chi connectivity index (χ3v) is 4.05. The van der Waals surface area contributed by atoms with Gasteiger partial charge in [0.15, 0.2) is 5.16 Å². The fourth-order valence-corrected chi connectivity index (χ4v) is 3.15. The van der Waals surface area contributed by atoms with Gasteiger partial charge in [-0.3, -0.25) is 0 Å². The van der Waals surface area contributed by atoms with Crippen molar-refractivity contribution in [3.8, 4) is 17.3 Å². The maximum absolute atomic E-state index is 8.50. The molecule has 0 N–H and O–H groups in total. The van der Waals surface area contributed by atoms with Crippen molar-refractivity contribution in [2.24, 2.45) is 0 Å². The van der Waals surface area contributed by atoms with Gasteiger partial charge in [0, 0.05) is 11.8 Å². The number of hydrogen-bond acceptors (Lipinski definition) is 5. The largest absolute Gasteiger partial charge is 0.231 e. The van der Waals surface area contributed by atoms with Gasteiger partial charge in [-0.05, 0) is 12.1 Å². The Kier molecular flexibility index (Phi) is 4.24. The Morgan fingerprint density at radius 2 is 2.29 bits per heavy atom. The van der Waals surface area contributed by atoms with Crippen molar-refractivity contribution in [1.82, 2.24) is 9.97 Å². The molecule has 0 aromatic carbocycles. The quantitative estimate of drug-likeness (QED) is 0.632. The summed E-state index contributed by atoms with van der Waals surface area (Å²) in [6.07, 6.45) is 1.64. The van der Waals surface area contributed by atoms with Crippen LogP contribution in [0.4, 0.5) is 0 Å². The van der Waals surface area contributed by atoms with Gasteiger partial charge in [-0.15, -0.1) is 11.3 Å². The van der Waals surface area contributed by atoms with Crippen molar-refractivity contribution in [3.63, 3.8) is 0 Å². The van der Waals surface area contributed by atoms with E-state index in [0.717, 1.165) is 5.56 Å². The average Bonchev–Trinajstić information content (AvgIpc) is 2.66. The number of nitriles is 1. The van der Waals surface area contributed by atoms with Crippen LogP contribution in [0.15, 0.2) is 23.5 Å². The summed E-state index contributed by atoms with van der Waals surface area (Å²) in [5.74, 6) is 0.321. The lowest BCUT2D eigenvalue weighted by Gasteiger charge is -2.00. The molecule has 0 spiro atoms. The van der Waals surface area contributed by atoms with Crippen molar-refractivity contribution in [2.45, 2.75) is 5.16 Å². The first-order valence-electron chi connectivity index (χ1n) is 4.48. The van der Waals surface area contributed by atoms with E-state index >= 15 is 0 Å². The second-order valence-corrected chi connectivity index (χ2v) is 6.14. The van der Waals surface area contributed by atoms with E-state index < -0.39 is 0 Å². The van der Waals surface area contributed by atoms with E-state index in [9.17, 15) is 0 Å². The Bertz CT molecular complexity index is 577. The van der Waals surface area contributed by atoms with Crippen LogP contribution in [-0.4, -0.2) is 15.7 Å². The van der Waals surface area contributed by atoms with Crippen LogP contribution in [0.2, 0.25) is 8.67 Å². The van der Waals surface area contributed by atoms with Gasteiger partial charge in [-0.25, -0.2) is 9.97 Å². The molecular weight excluding hydrogens is 297 g/mol. The average molecular weight is 302 g/mol. The van der Waals surface area contributed by atoms with Crippen LogP contribution in [0, 0.1) is 11.3 Å². The van der Waals surface area contributed by atoms with Crippen LogP contribution in [0.1, 0.15) is 0 Å². The zero-order chi connectivity index (χ0) is 12.3. The number of thiophene rings is 1. The van der Waals surface area contributed by atoms with Crippen LogP contribution in [0.5, 0.6) is 0 Å². The topological polar surface area (TPSA) is 49.6 Å². The van der Waals surface area contributed by atoms with Gasteiger partial charge in [0.25, 0.3) is 0 Å². The predicted molar refractivity (Wildman–Crippen MR) is 71.7 cm³/mol. The Labute approximate surface area is 116 Å². The van der Waals surface area contributed by atoms with Gasteiger partial charge in [0.05, 0.1) is 21.9 Å². The molecule has 0 bridgehead atoms. The highest BCUT2D eigenvalue weighted by molar-refractivity contribution is 7.99. The summed E-state index contributed by atoms with van der Waals surface area (Å²) < 4.78 is 1.22. The third-order valence-electron chi connectivity index (χ3n) is 1.83. The zero-order valence-corrected chi connectivity index (χ0v) is 11.5. The van der Waals surface area contributed by atoms with Crippen LogP contribution in [-0.2, 0) is 0 Å². The Morgan fingerprint density at radius 1 is 1.47 bits per heavy atom. The molecule has 0 fully saturated rings. The molecule has 2 aromatic heterocycles. The normalized spacial score (nSPS) is 10.2. The number of halogens is 2. The molecule has 17 heavy (non-hydrogen) atoms. The molecule has 86 valence electrons. The summed E-state index contributed by atoms with van der Waals surface area (Å²) >= 11 is 14.5. The maximum atomic E-state index is 8.50. The molecule has 0 saturated carbocycles. The van der Waals surface area contributed by atoms with Gasteiger partial charge in [-0.2, -0.15) is 5.26 Å². The first kappa shape index (κ1) is 12.7. The van der Waals surface area contributed by atoms with Gasteiger partial charge in [0.1, 0.15) is 4.34 Å². The molecule has 0 aliphatic carbocycles. The molecule has 0 aliphatic rings. The van der Waals surface area contributed by atoms with Gasteiger partial charge in [-0.1, -0.05) is 35.0 Å². The lowest BCUT2D eigenvalue weighted by molar-refractivity contribution is 0.975. The van der Waals surface area contributed by atoms with Gasteiger partial charge >= 0.3 is 0 Å². The minimum Gasteiger partial charge on any atom is -0.231 e. The Morgan fingerprint density at radius 3 is 2.94 bits per heavy atom. The second kappa shape index (κ2) is 5.69. The SMILES string of the molecule is N#CCSc1nccc(-c2cc(Cl)sc2Cl)n1. The molecule has 0 saturated heterocycles. The number of nitrogens with zero attached hydrogens (tertiary/aromatic N) is 3. The predicted octanol–water partition coefficient (Wildman–Crippen LogP) is 4.13. The van der Waals surface area contributed by atoms with E-state index in [1.807, 2.05) is 6.07 Å². The molecule has 0 aliphatic heterocycles. The summed E-state index contributed by atoms with van der Waals surface area (Å²) in [6, 6.07) is 5.57. The molecule has 7 heteroatoms. The highest BCUT2D eigenvalue weighted by Crippen LogP contribution is 2.37. The number of rotatable bonds is 3. The summed E-state index contributed by atoms with van der Waals surface area (Å²) in [5.41, 5.74) is 1.51. The summed E-state index contributed by atoms with van der Waals surface area (Å²) in [5, 5.41) is 9.06. The van der Waals surface area contributed by atoms with E-state index in [1.54, 1.807) is 18.3 Å². The van der Waals surface area contributed by atoms with Gasteiger partial charge in [0.2, 0.25) is 0 Å². The standard InChI is InChI=1S/C10H5Cl2N3S2/c11-8-5-6(9(12)17-8)7-1-3-14-10(15-7)16-4-2-13/h1,3,5H,4H2. The minimum atomic E-state index is 0.321. The summed E-state index contributed by atoms with van der Waals surface area (Å²) in [7, 11) is 0. The van der Waals surface area contributed by atoms with Crippen molar-refractivity contribution < 1.29 is 0 Å². The van der Waals surface area contributed by atoms with E-state index in [1.165, 1.54) is 23.1 Å². The minimum absolute atomic E-state index is 0.321. The van der Waals surface area contributed by atoms with Crippen LogP contribution in [0.3, 0.4) is 0 Å². The van der Waals surface area contributed by atoms with Crippen LogP contribution < -0.4 is 0 Å². The highest BCUT2D eigenvalue weighted by Gasteiger charge is 2.10. The van der Waals surface area contributed by atoms with Crippen LogP contribution in [0.25, 0.3) is 11.3 Å². The molecule has 0 radical (unpaired) electrons. The molecule has 0 amide bonds. The zero-order valence-electron chi connectivity index (χ0n) is 8.35. The lowest BCUT2D eigenvalue weighted by Crippen LogP contribution is -1.89. The highest BCUT2D eigenvalue weighted by atomic mass is 35.5. The Hall–Kier alpha value is -0.800. The molecule has 2 aromatic rings. The monoisotopic (exact) mass is 301 g/mol. The number of thioether (sulfide) groups is 1. The number of hydrogen-bond donors (Lipinski definition) is 0. The van der Waals surface area contributed by atoms with E-state index in [2.05, 4.69) is 9.97 Å². The van der Waals surface area contributed by atoms with E-state index in [-0.39, 0.29) is 0 Å². The fraction of sp³-hybridized carbons (Fsp3) is 0.100. The number of aromatic nitrogens is 2. The summed E-state index contributed by atoms with van der Waals surface area (Å²) in [4.78, 5) is 8.39. The first-order valence-corrected chi connectivity index (χ1v) is 7.04. The molecule has 2 rings (SSSR count). The fourth-order valence-electron chi connectivity index (χ4n) is 1.17. The van der Waals surface area contributed by atoms with Gasteiger partial charge < -0.3 is 0 Å². The van der Waals surface area contributed by atoms with Crippen molar-refractivity contribution in [2.75, 3.05) is 5.75 Å². The first-order chi connectivity index (χ1) is 8.20. The molecule has 2 heterocycles. The molecule has 0 unspecified atom stereocenters. The Balaban J connectivity index is 2.33. The maximum Gasteiger partial charge on any atom is 0.189 e.